The lowest BCUT2D eigenvalue weighted by atomic mass is 9.88. The summed E-state index contributed by atoms with van der Waals surface area (Å²) in [5, 5.41) is 15.3. The number of benzene rings is 1. The molecule has 1 aliphatic carbocycles. The first-order valence-corrected chi connectivity index (χ1v) is 9.54. The van der Waals surface area contributed by atoms with Crippen LogP contribution in [0.2, 0.25) is 0 Å². The van der Waals surface area contributed by atoms with Gasteiger partial charge in [-0.25, -0.2) is 4.79 Å². The van der Waals surface area contributed by atoms with Gasteiger partial charge in [-0.05, 0) is 43.7 Å². The molecule has 0 saturated carbocycles. The third kappa shape index (κ3) is 4.33. The van der Waals surface area contributed by atoms with Crippen LogP contribution in [0.3, 0.4) is 0 Å². The smallest absolute Gasteiger partial charge is 0.339 e. The second-order valence-electron chi connectivity index (χ2n) is 6.78. The second-order valence-corrected chi connectivity index (χ2v) is 7.75. The van der Waals surface area contributed by atoms with Gasteiger partial charge in [0.25, 0.3) is 11.6 Å². The molecule has 0 saturated heterocycles. The quantitative estimate of drug-likeness (QED) is 0.476. The third-order valence-corrected chi connectivity index (χ3v) is 5.70. The zero-order valence-electron chi connectivity index (χ0n) is 15.1. The van der Waals surface area contributed by atoms with E-state index in [0.29, 0.717) is 17.0 Å². The Morgan fingerprint density at radius 1 is 1.41 bits per heavy atom. The van der Waals surface area contributed by atoms with Crippen LogP contribution >= 0.6 is 11.3 Å². The maximum atomic E-state index is 12.3. The Morgan fingerprint density at radius 2 is 2.19 bits per heavy atom. The third-order valence-electron chi connectivity index (χ3n) is 4.65. The number of carbonyl (C=O) groups excluding carboxylic acids is 2. The fourth-order valence-corrected chi connectivity index (χ4v) is 4.37. The molecule has 1 aromatic carbocycles. The first kappa shape index (κ1) is 19.0. The Labute approximate surface area is 160 Å². The van der Waals surface area contributed by atoms with Crippen molar-refractivity contribution in [3.8, 4) is 0 Å². The predicted molar refractivity (Wildman–Crippen MR) is 102 cm³/mol. The molecule has 2 aromatic rings. The highest BCUT2D eigenvalue weighted by molar-refractivity contribution is 7.10. The fraction of sp³-hybridized carbons (Fsp3) is 0.368. The van der Waals surface area contributed by atoms with Crippen LogP contribution in [-0.4, -0.2) is 23.4 Å². The van der Waals surface area contributed by atoms with Gasteiger partial charge in [0, 0.05) is 27.6 Å². The van der Waals surface area contributed by atoms with Crippen molar-refractivity contribution in [2.24, 2.45) is 5.92 Å². The van der Waals surface area contributed by atoms with Crippen molar-refractivity contribution < 1.29 is 19.2 Å². The normalized spacial score (nSPS) is 15.7. The number of nitro benzene ring substituents is 1. The van der Waals surface area contributed by atoms with E-state index in [9.17, 15) is 19.7 Å². The number of aryl methyl sites for hydroxylation is 1. The van der Waals surface area contributed by atoms with Crippen LogP contribution in [-0.2, 0) is 22.4 Å². The molecule has 0 fully saturated rings. The molecule has 1 heterocycles. The van der Waals surface area contributed by atoms with Crippen molar-refractivity contribution >= 4 is 34.6 Å². The van der Waals surface area contributed by atoms with Crippen molar-refractivity contribution in [1.29, 1.82) is 0 Å². The molecule has 8 heteroatoms. The Bertz CT molecular complexity index is 906. The minimum Gasteiger partial charge on any atom is -0.452 e. The number of fused-ring (bicyclic) bond motifs is 1. The first-order valence-electron chi connectivity index (χ1n) is 8.66. The topological polar surface area (TPSA) is 98.5 Å². The highest BCUT2D eigenvalue weighted by Crippen LogP contribution is 2.33. The van der Waals surface area contributed by atoms with Crippen molar-refractivity contribution in [3.63, 3.8) is 0 Å². The maximum absolute atomic E-state index is 12.3. The van der Waals surface area contributed by atoms with Gasteiger partial charge < -0.3 is 10.1 Å². The molecule has 3 rings (SSSR count). The molecule has 0 aliphatic heterocycles. The van der Waals surface area contributed by atoms with E-state index in [0.717, 1.165) is 24.8 Å². The molecule has 27 heavy (non-hydrogen) atoms. The van der Waals surface area contributed by atoms with Crippen LogP contribution in [0.1, 0.15) is 39.7 Å². The summed E-state index contributed by atoms with van der Waals surface area (Å²) < 4.78 is 5.14. The van der Waals surface area contributed by atoms with E-state index < -0.39 is 23.4 Å². The molecule has 0 unspecified atom stereocenters. The van der Waals surface area contributed by atoms with Gasteiger partial charge in [-0.2, -0.15) is 0 Å². The first-order chi connectivity index (χ1) is 12.8. The number of hydrogen-bond acceptors (Lipinski definition) is 6. The van der Waals surface area contributed by atoms with Crippen LogP contribution in [0.25, 0.3) is 0 Å². The number of nitro groups is 1. The van der Waals surface area contributed by atoms with E-state index in [2.05, 4.69) is 12.2 Å². The molecule has 0 spiro atoms. The van der Waals surface area contributed by atoms with Crippen LogP contribution in [0.15, 0.2) is 23.6 Å². The summed E-state index contributed by atoms with van der Waals surface area (Å²) in [5.41, 5.74) is 2.29. The number of ether oxygens (including phenoxy) is 1. The lowest BCUT2D eigenvalue weighted by Crippen LogP contribution is -2.21. The Hall–Kier alpha value is -2.74. The number of rotatable bonds is 5. The average Bonchev–Trinajstić information content (AvgIpc) is 3.04. The number of esters is 1. The predicted octanol–water partition coefficient (Wildman–Crippen LogP) is 3.89. The van der Waals surface area contributed by atoms with Gasteiger partial charge in [-0.15, -0.1) is 11.3 Å². The van der Waals surface area contributed by atoms with Gasteiger partial charge >= 0.3 is 5.97 Å². The van der Waals surface area contributed by atoms with Crippen molar-refractivity contribution in [2.45, 2.75) is 33.1 Å². The SMILES string of the molecule is Cc1ccc(NC(=O)COC(=O)c2csc3c2CC[C@H](C)C3)cc1[N+](=O)[O-]. The Morgan fingerprint density at radius 3 is 2.93 bits per heavy atom. The lowest BCUT2D eigenvalue weighted by molar-refractivity contribution is -0.385. The summed E-state index contributed by atoms with van der Waals surface area (Å²) in [7, 11) is 0. The van der Waals surface area contributed by atoms with Crippen molar-refractivity contribution in [1.82, 2.24) is 0 Å². The molecule has 7 nitrogen and oxygen atoms in total. The largest absolute Gasteiger partial charge is 0.452 e. The molecule has 1 aromatic heterocycles. The van der Waals surface area contributed by atoms with E-state index in [1.165, 1.54) is 10.9 Å². The zero-order chi connectivity index (χ0) is 19.6. The zero-order valence-corrected chi connectivity index (χ0v) is 15.9. The molecule has 1 N–H and O–H groups in total. The number of carbonyl (C=O) groups is 2. The summed E-state index contributed by atoms with van der Waals surface area (Å²) in [6.45, 7) is 3.37. The average molecular weight is 388 g/mol. The minimum atomic E-state index is -0.542. The van der Waals surface area contributed by atoms with Gasteiger partial charge in [0.2, 0.25) is 0 Å². The molecular weight excluding hydrogens is 368 g/mol. The minimum absolute atomic E-state index is 0.0797. The molecule has 0 bridgehead atoms. The van der Waals surface area contributed by atoms with Crippen LogP contribution in [0, 0.1) is 23.0 Å². The Balaban J connectivity index is 1.59. The van der Waals surface area contributed by atoms with Gasteiger partial charge in [0.15, 0.2) is 6.61 Å². The number of anilines is 1. The standard InChI is InChI=1S/C19H20N2O5S/c1-11-3-6-14-15(10-27-17(14)7-11)19(23)26-9-18(22)20-13-5-4-12(2)16(8-13)21(24)25/h4-5,8,10-11H,3,6-7,9H2,1-2H3,(H,20,22)/t11-/m0/s1. The van der Waals surface area contributed by atoms with Crippen LogP contribution in [0.4, 0.5) is 11.4 Å². The van der Waals surface area contributed by atoms with Gasteiger partial charge in [-0.1, -0.05) is 13.0 Å². The number of nitrogens with one attached hydrogen (secondary N) is 1. The van der Waals surface area contributed by atoms with Crippen molar-refractivity contribution in [3.05, 3.63) is 55.3 Å². The van der Waals surface area contributed by atoms with E-state index >= 15 is 0 Å². The summed E-state index contributed by atoms with van der Waals surface area (Å²) >= 11 is 1.56. The number of hydrogen-bond donors (Lipinski definition) is 1. The molecule has 1 atom stereocenters. The van der Waals surface area contributed by atoms with Crippen LogP contribution in [0.5, 0.6) is 0 Å². The van der Waals surface area contributed by atoms with E-state index in [-0.39, 0.29) is 11.4 Å². The van der Waals surface area contributed by atoms with E-state index in [4.69, 9.17) is 4.74 Å². The lowest BCUT2D eigenvalue weighted by Gasteiger charge is -2.18. The number of thiophene rings is 1. The van der Waals surface area contributed by atoms with Gasteiger partial charge in [0.05, 0.1) is 10.5 Å². The molecule has 0 radical (unpaired) electrons. The highest BCUT2D eigenvalue weighted by atomic mass is 32.1. The molecule has 142 valence electrons. The molecule has 1 aliphatic rings. The summed E-state index contributed by atoms with van der Waals surface area (Å²) in [4.78, 5) is 36.0. The fourth-order valence-electron chi connectivity index (χ4n) is 3.14. The van der Waals surface area contributed by atoms with Gasteiger partial charge in [0.1, 0.15) is 0 Å². The van der Waals surface area contributed by atoms with E-state index in [1.807, 2.05) is 0 Å². The number of nitrogens with zero attached hydrogens (tertiary/aromatic N) is 1. The Kier molecular flexibility index (Phi) is 5.55. The highest BCUT2D eigenvalue weighted by Gasteiger charge is 2.24. The van der Waals surface area contributed by atoms with E-state index in [1.54, 1.807) is 35.8 Å². The number of amides is 1. The summed E-state index contributed by atoms with van der Waals surface area (Å²) in [6.07, 6.45) is 2.86. The molecule has 1 amide bonds. The summed E-state index contributed by atoms with van der Waals surface area (Å²) in [6, 6.07) is 4.41. The van der Waals surface area contributed by atoms with Crippen LogP contribution < -0.4 is 5.32 Å². The molecular formula is C19H20N2O5S. The maximum Gasteiger partial charge on any atom is 0.339 e. The monoisotopic (exact) mass is 388 g/mol. The summed E-state index contributed by atoms with van der Waals surface area (Å²) in [5.74, 6) is -0.435. The second kappa shape index (κ2) is 7.87. The van der Waals surface area contributed by atoms with Crippen molar-refractivity contribution in [2.75, 3.05) is 11.9 Å². The van der Waals surface area contributed by atoms with Gasteiger partial charge in [-0.3, -0.25) is 14.9 Å².